The summed E-state index contributed by atoms with van der Waals surface area (Å²) >= 11 is 0. The van der Waals surface area contributed by atoms with Crippen LogP contribution in [0.4, 0.5) is 13.2 Å². The first-order valence-corrected chi connectivity index (χ1v) is 8.43. The Hall–Kier alpha value is -2.21. The first-order valence-electron chi connectivity index (χ1n) is 8.43. The number of hydrogen-bond acceptors (Lipinski definition) is 3. The van der Waals surface area contributed by atoms with Gasteiger partial charge in [0.25, 0.3) is 0 Å². The standard InChI is InChI=1S/C20H24F3NO2/c1-14(4-5-15-8-11-18(25)19(12-15)26-3)24(2)13-16-6-9-17(10-7-16)20(21,22)23/h6-12,14,25H,4-5,13H2,1-3H3. The molecule has 0 aromatic heterocycles. The van der Waals surface area contributed by atoms with Gasteiger partial charge in [-0.05, 0) is 62.2 Å². The molecule has 0 saturated carbocycles. The summed E-state index contributed by atoms with van der Waals surface area (Å²) in [6.07, 6.45) is -2.61. The molecule has 0 bridgehead atoms. The van der Waals surface area contributed by atoms with Gasteiger partial charge in [-0.25, -0.2) is 0 Å². The summed E-state index contributed by atoms with van der Waals surface area (Å²) in [6.45, 7) is 2.67. The van der Waals surface area contributed by atoms with Crippen LogP contribution < -0.4 is 4.74 Å². The van der Waals surface area contributed by atoms with Gasteiger partial charge in [-0.3, -0.25) is 4.90 Å². The molecule has 0 aliphatic carbocycles. The second-order valence-electron chi connectivity index (χ2n) is 6.50. The van der Waals surface area contributed by atoms with E-state index in [1.54, 1.807) is 6.07 Å². The second kappa shape index (κ2) is 8.45. The predicted octanol–water partition coefficient (Wildman–Crippen LogP) is 4.87. The van der Waals surface area contributed by atoms with E-state index in [9.17, 15) is 18.3 Å². The van der Waals surface area contributed by atoms with Gasteiger partial charge in [0, 0.05) is 12.6 Å². The van der Waals surface area contributed by atoms with Crippen molar-refractivity contribution >= 4 is 0 Å². The quantitative estimate of drug-likeness (QED) is 0.758. The highest BCUT2D eigenvalue weighted by Crippen LogP contribution is 2.29. The molecule has 26 heavy (non-hydrogen) atoms. The number of ether oxygens (including phenoxy) is 1. The van der Waals surface area contributed by atoms with Crippen molar-refractivity contribution in [3.05, 3.63) is 59.2 Å². The van der Waals surface area contributed by atoms with Crippen LogP contribution >= 0.6 is 0 Å². The number of hydrogen-bond donors (Lipinski definition) is 1. The fourth-order valence-electron chi connectivity index (χ4n) is 2.72. The van der Waals surface area contributed by atoms with Crippen LogP contribution in [0.3, 0.4) is 0 Å². The molecule has 0 aliphatic heterocycles. The lowest BCUT2D eigenvalue weighted by atomic mass is 10.0. The molecule has 1 atom stereocenters. The van der Waals surface area contributed by atoms with Crippen LogP contribution in [0.15, 0.2) is 42.5 Å². The minimum Gasteiger partial charge on any atom is -0.504 e. The van der Waals surface area contributed by atoms with Crippen LogP contribution in [-0.2, 0) is 19.1 Å². The van der Waals surface area contributed by atoms with Crippen LogP contribution in [0.5, 0.6) is 11.5 Å². The van der Waals surface area contributed by atoms with Gasteiger partial charge in [-0.2, -0.15) is 13.2 Å². The fourth-order valence-corrected chi connectivity index (χ4v) is 2.72. The highest BCUT2D eigenvalue weighted by molar-refractivity contribution is 5.41. The maximum Gasteiger partial charge on any atom is 0.416 e. The molecule has 2 aromatic rings. The van der Waals surface area contributed by atoms with Crippen molar-refractivity contribution in [3.8, 4) is 11.5 Å². The number of phenols is 1. The summed E-state index contributed by atoms with van der Waals surface area (Å²) in [5, 5.41) is 9.63. The van der Waals surface area contributed by atoms with Crippen LogP contribution in [0.2, 0.25) is 0 Å². The number of aromatic hydroxyl groups is 1. The SMILES string of the molecule is COc1cc(CCC(C)N(C)Cc2ccc(C(F)(F)F)cc2)ccc1O. The van der Waals surface area contributed by atoms with E-state index in [1.165, 1.54) is 19.2 Å². The lowest BCUT2D eigenvalue weighted by Gasteiger charge is -2.25. The van der Waals surface area contributed by atoms with Crippen LogP contribution in [0.1, 0.15) is 30.0 Å². The Morgan fingerprint density at radius 2 is 1.69 bits per heavy atom. The zero-order valence-electron chi connectivity index (χ0n) is 15.2. The van der Waals surface area contributed by atoms with Gasteiger partial charge in [0.05, 0.1) is 12.7 Å². The Balaban J connectivity index is 1.90. The number of rotatable bonds is 7. The van der Waals surface area contributed by atoms with Crippen molar-refractivity contribution in [2.45, 2.75) is 38.5 Å². The van der Waals surface area contributed by atoms with E-state index in [0.717, 1.165) is 36.1 Å². The smallest absolute Gasteiger partial charge is 0.416 e. The number of phenolic OH excluding ortho intramolecular Hbond substituents is 1. The second-order valence-corrected chi connectivity index (χ2v) is 6.50. The molecule has 1 unspecified atom stereocenters. The molecule has 1 N–H and O–H groups in total. The third-order valence-electron chi connectivity index (χ3n) is 4.56. The topological polar surface area (TPSA) is 32.7 Å². The minimum atomic E-state index is -4.30. The van der Waals surface area contributed by atoms with Crippen molar-refractivity contribution in [1.29, 1.82) is 0 Å². The summed E-state index contributed by atoms with van der Waals surface area (Å²) in [4.78, 5) is 2.11. The Bertz CT molecular complexity index is 714. The Morgan fingerprint density at radius 3 is 2.27 bits per heavy atom. The van der Waals surface area contributed by atoms with E-state index in [0.29, 0.717) is 12.3 Å². The summed E-state index contributed by atoms with van der Waals surface area (Å²) in [5.74, 6) is 0.567. The van der Waals surface area contributed by atoms with Crippen molar-refractivity contribution in [3.63, 3.8) is 0 Å². The lowest BCUT2D eigenvalue weighted by molar-refractivity contribution is -0.137. The molecule has 2 aromatic carbocycles. The van der Waals surface area contributed by atoms with E-state index in [-0.39, 0.29) is 11.8 Å². The molecular weight excluding hydrogens is 343 g/mol. The first kappa shape index (κ1) is 20.1. The van der Waals surface area contributed by atoms with Crippen molar-refractivity contribution < 1.29 is 23.0 Å². The molecular formula is C20H24F3NO2. The molecule has 0 saturated heterocycles. The van der Waals surface area contributed by atoms with E-state index in [1.807, 2.05) is 19.2 Å². The fraction of sp³-hybridized carbons (Fsp3) is 0.400. The summed E-state index contributed by atoms with van der Waals surface area (Å²) < 4.78 is 43.0. The molecule has 0 fully saturated rings. The number of halogens is 3. The lowest BCUT2D eigenvalue weighted by Crippen LogP contribution is -2.29. The van der Waals surface area contributed by atoms with Gasteiger partial charge in [-0.15, -0.1) is 0 Å². The largest absolute Gasteiger partial charge is 0.504 e. The van der Waals surface area contributed by atoms with E-state index in [2.05, 4.69) is 11.8 Å². The number of nitrogens with zero attached hydrogens (tertiary/aromatic N) is 1. The Labute approximate surface area is 152 Å². The van der Waals surface area contributed by atoms with Crippen LogP contribution in [0.25, 0.3) is 0 Å². The number of benzene rings is 2. The highest BCUT2D eigenvalue weighted by atomic mass is 19.4. The summed E-state index contributed by atoms with van der Waals surface area (Å²) in [5.41, 5.74) is 1.28. The molecule has 6 heteroatoms. The zero-order chi connectivity index (χ0) is 19.3. The molecule has 0 heterocycles. The Kier molecular flexibility index (Phi) is 6.53. The Morgan fingerprint density at radius 1 is 1.08 bits per heavy atom. The molecule has 2 rings (SSSR count). The molecule has 3 nitrogen and oxygen atoms in total. The van der Waals surface area contributed by atoms with Crippen LogP contribution in [0, 0.1) is 0 Å². The molecule has 0 spiro atoms. The molecule has 0 aliphatic rings. The predicted molar refractivity (Wildman–Crippen MR) is 95.4 cm³/mol. The van der Waals surface area contributed by atoms with Gasteiger partial charge in [-0.1, -0.05) is 18.2 Å². The van der Waals surface area contributed by atoms with Gasteiger partial charge in [0.15, 0.2) is 11.5 Å². The van der Waals surface area contributed by atoms with Gasteiger partial charge >= 0.3 is 6.18 Å². The van der Waals surface area contributed by atoms with Crippen LogP contribution in [-0.4, -0.2) is 30.2 Å². The normalized spacial score (nSPS) is 13.0. The number of alkyl halides is 3. The van der Waals surface area contributed by atoms with Crippen molar-refractivity contribution in [2.75, 3.05) is 14.2 Å². The van der Waals surface area contributed by atoms with Gasteiger partial charge in [0.1, 0.15) is 0 Å². The average molecular weight is 367 g/mol. The van der Waals surface area contributed by atoms with Gasteiger partial charge < -0.3 is 9.84 Å². The van der Waals surface area contributed by atoms with Crippen molar-refractivity contribution in [2.24, 2.45) is 0 Å². The van der Waals surface area contributed by atoms with E-state index >= 15 is 0 Å². The van der Waals surface area contributed by atoms with Gasteiger partial charge in [0.2, 0.25) is 0 Å². The zero-order valence-corrected chi connectivity index (χ0v) is 15.2. The van der Waals surface area contributed by atoms with E-state index in [4.69, 9.17) is 4.74 Å². The number of methoxy groups -OCH3 is 1. The monoisotopic (exact) mass is 367 g/mol. The third-order valence-corrected chi connectivity index (χ3v) is 4.56. The highest BCUT2D eigenvalue weighted by Gasteiger charge is 2.29. The maximum atomic E-state index is 12.6. The maximum absolute atomic E-state index is 12.6. The summed E-state index contributed by atoms with van der Waals surface area (Å²) in [6, 6.07) is 10.8. The third kappa shape index (κ3) is 5.39. The molecule has 142 valence electrons. The molecule has 0 radical (unpaired) electrons. The minimum absolute atomic E-state index is 0.115. The summed E-state index contributed by atoms with van der Waals surface area (Å²) in [7, 11) is 3.47. The first-order chi connectivity index (χ1) is 12.2. The number of aryl methyl sites for hydroxylation is 1. The molecule has 0 amide bonds. The van der Waals surface area contributed by atoms with E-state index < -0.39 is 11.7 Å². The average Bonchev–Trinajstić information content (AvgIpc) is 2.60. The van der Waals surface area contributed by atoms with Crippen molar-refractivity contribution in [1.82, 2.24) is 4.90 Å².